The molecular formula is C21H16ClN3O. The van der Waals surface area contributed by atoms with Gasteiger partial charge in [-0.3, -0.25) is 4.79 Å². The van der Waals surface area contributed by atoms with Gasteiger partial charge in [0.2, 0.25) is 0 Å². The van der Waals surface area contributed by atoms with Crippen LogP contribution >= 0.6 is 11.6 Å². The summed E-state index contributed by atoms with van der Waals surface area (Å²) in [6, 6.07) is 18.9. The summed E-state index contributed by atoms with van der Waals surface area (Å²) < 4.78 is 1.91. The van der Waals surface area contributed by atoms with Gasteiger partial charge in [0.05, 0.1) is 5.69 Å². The van der Waals surface area contributed by atoms with E-state index in [-0.39, 0.29) is 5.91 Å². The van der Waals surface area contributed by atoms with Crippen molar-refractivity contribution in [3.05, 3.63) is 89.2 Å². The molecule has 1 N–H and O–H groups in total. The molecule has 4 aromatic rings. The molecule has 0 bridgehead atoms. The number of rotatable bonds is 3. The Labute approximate surface area is 156 Å². The normalized spacial score (nSPS) is 10.8. The Kier molecular flexibility index (Phi) is 4.19. The van der Waals surface area contributed by atoms with Crippen LogP contribution in [0.5, 0.6) is 0 Å². The van der Waals surface area contributed by atoms with Gasteiger partial charge in [0.15, 0.2) is 0 Å². The van der Waals surface area contributed by atoms with Crippen molar-refractivity contribution in [1.29, 1.82) is 0 Å². The number of carbonyl (C=O) groups excluding carboxylic acids is 1. The lowest BCUT2D eigenvalue weighted by Gasteiger charge is -2.09. The molecule has 4 rings (SSSR count). The van der Waals surface area contributed by atoms with Gasteiger partial charge in [0.25, 0.3) is 5.91 Å². The van der Waals surface area contributed by atoms with Crippen molar-refractivity contribution in [2.24, 2.45) is 0 Å². The monoisotopic (exact) mass is 361 g/mol. The first-order valence-electron chi connectivity index (χ1n) is 8.22. The summed E-state index contributed by atoms with van der Waals surface area (Å²) in [6.07, 6.45) is 3.80. The Morgan fingerprint density at radius 2 is 1.88 bits per heavy atom. The van der Waals surface area contributed by atoms with Gasteiger partial charge in [-0.1, -0.05) is 41.9 Å². The van der Waals surface area contributed by atoms with E-state index in [2.05, 4.69) is 10.3 Å². The molecule has 0 radical (unpaired) electrons. The number of nitrogens with zero attached hydrogens (tertiary/aromatic N) is 2. The SMILES string of the molecule is Cc1cc(Cl)ccc1NC(=O)c1ccn2cc(-c3ccccc3)nc2c1. The minimum absolute atomic E-state index is 0.179. The number of aryl methyl sites for hydroxylation is 1. The van der Waals surface area contributed by atoms with E-state index >= 15 is 0 Å². The lowest BCUT2D eigenvalue weighted by Crippen LogP contribution is -2.13. The molecular weight excluding hydrogens is 346 g/mol. The number of imidazole rings is 1. The van der Waals surface area contributed by atoms with E-state index in [0.29, 0.717) is 10.6 Å². The Bertz CT molecular complexity index is 1100. The number of nitrogens with one attached hydrogen (secondary N) is 1. The molecule has 1 amide bonds. The zero-order chi connectivity index (χ0) is 18.1. The Morgan fingerprint density at radius 1 is 1.08 bits per heavy atom. The second-order valence-corrected chi connectivity index (χ2v) is 6.52. The van der Waals surface area contributed by atoms with Gasteiger partial charge < -0.3 is 9.72 Å². The molecule has 5 heteroatoms. The second-order valence-electron chi connectivity index (χ2n) is 6.09. The van der Waals surface area contributed by atoms with Gasteiger partial charge in [-0.05, 0) is 42.8 Å². The maximum absolute atomic E-state index is 12.6. The quantitative estimate of drug-likeness (QED) is 0.544. The number of carbonyl (C=O) groups is 1. The first-order chi connectivity index (χ1) is 12.6. The summed E-state index contributed by atoms with van der Waals surface area (Å²) in [5, 5.41) is 3.57. The number of aromatic nitrogens is 2. The highest BCUT2D eigenvalue weighted by atomic mass is 35.5. The van der Waals surface area contributed by atoms with Gasteiger partial charge in [-0.2, -0.15) is 0 Å². The van der Waals surface area contributed by atoms with Crippen LogP contribution in [0.15, 0.2) is 73.1 Å². The molecule has 0 aliphatic rings. The second kappa shape index (κ2) is 6.65. The molecule has 0 fully saturated rings. The molecule has 128 valence electrons. The fraction of sp³-hybridized carbons (Fsp3) is 0.0476. The molecule has 26 heavy (non-hydrogen) atoms. The number of hydrogen-bond donors (Lipinski definition) is 1. The van der Waals surface area contributed by atoms with E-state index in [9.17, 15) is 4.79 Å². The van der Waals surface area contributed by atoms with Crippen LogP contribution in [0.25, 0.3) is 16.9 Å². The molecule has 2 aromatic heterocycles. The molecule has 0 aliphatic heterocycles. The van der Waals surface area contributed by atoms with E-state index in [1.807, 2.05) is 60.1 Å². The Balaban J connectivity index is 1.63. The topological polar surface area (TPSA) is 46.4 Å². The number of benzene rings is 2. The third kappa shape index (κ3) is 3.19. The van der Waals surface area contributed by atoms with Gasteiger partial charge >= 0.3 is 0 Å². The fourth-order valence-corrected chi connectivity index (χ4v) is 3.06. The summed E-state index contributed by atoms with van der Waals surface area (Å²) in [4.78, 5) is 17.2. The van der Waals surface area contributed by atoms with Gasteiger partial charge in [-0.15, -0.1) is 0 Å². The first-order valence-corrected chi connectivity index (χ1v) is 8.60. The molecule has 0 saturated heterocycles. The smallest absolute Gasteiger partial charge is 0.255 e. The van der Waals surface area contributed by atoms with Crippen LogP contribution < -0.4 is 5.32 Å². The highest BCUT2D eigenvalue weighted by Gasteiger charge is 2.11. The number of amides is 1. The average Bonchev–Trinajstić information content (AvgIpc) is 3.08. The molecule has 0 atom stereocenters. The van der Waals surface area contributed by atoms with Crippen molar-refractivity contribution < 1.29 is 4.79 Å². The number of fused-ring (bicyclic) bond motifs is 1. The largest absolute Gasteiger partial charge is 0.322 e. The van der Waals surface area contributed by atoms with Crippen molar-refractivity contribution in [2.75, 3.05) is 5.32 Å². The van der Waals surface area contributed by atoms with E-state index < -0.39 is 0 Å². The van der Waals surface area contributed by atoms with Crippen molar-refractivity contribution in [3.63, 3.8) is 0 Å². The van der Waals surface area contributed by atoms with Crippen LogP contribution in [0.2, 0.25) is 5.02 Å². The Morgan fingerprint density at radius 3 is 2.65 bits per heavy atom. The predicted molar refractivity (Wildman–Crippen MR) is 105 cm³/mol. The number of anilines is 1. The number of halogens is 1. The van der Waals surface area contributed by atoms with Gasteiger partial charge in [0, 0.05) is 34.2 Å². The van der Waals surface area contributed by atoms with Crippen molar-refractivity contribution >= 4 is 28.8 Å². The summed E-state index contributed by atoms with van der Waals surface area (Å²) in [6.45, 7) is 1.91. The van der Waals surface area contributed by atoms with Crippen LogP contribution in [0, 0.1) is 6.92 Å². The zero-order valence-corrected chi connectivity index (χ0v) is 14.9. The fourth-order valence-electron chi connectivity index (χ4n) is 2.83. The van der Waals surface area contributed by atoms with Crippen molar-refractivity contribution in [3.8, 4) is 11.3 Å². The van der Waals surface area contributed by atoms with E-state index in [4.69, 9.17) is 11.6 Å². The van der Waals surface area contributed by atoms with Crippen molar-refractivity contribution in [2.45, 2.75) is 6.92 Å². The highest BCUT2D eigenvalue weighted by molar-refractivity contribution is 6.30. The van der Waals surface area contributed by atoms with Crippen LogP contribution in [-0.2, 0) is 0 Å². The van der Waals surface area contributed by atoms with Crippen LogP contribution in [0.4, 0.5) is 5.69 Å². The summed E-state index contributed by atoms with van der Waals surface area (Å²) >= 11 is 5.96. The van der Waals surface area contributed by atoms with E-state index in [0.717, 1.165) is 28.2 Å². The van der Waals surface area contributed by atoms with Crippen LogP contribution in [0.3, 0.4) is 0 Å². The van der Waals surface area contributed by atoms with Gasteiger partial charge in [-0.25, -0.2) is 4.98 Å². The number of pyridine rings is 1. The Hall–Kier alpha value is -3.11. The van der Waals surface area contributed by atoms with E-state index in [1.54, 1.807) is 24.3 Å². The number of hydrogen-bond acceptors (Lipinski definition) is 2. The summed E-state index contributed by atoms with van der Waals surface area (Å²) in [7, 11) is 0. The van der Waals surface area contributed by atoms with Crippen LogP contribution in [0.1, 0.15) is 15.9 Å². The standard InChI is InChI=1S/C21H16ClN3O/c1-14-11-17(22)7-8-18(14)24-21(26)16-9-10-25-13-19(23-20(25)12-16)15-5-3-2-4-6-15/h2-13H,1H3,(H,24,26). The maximum Gasteiger partial charge on any atom is 0.255 e. The summed E-state index contributed by atoms with van der Waals surface area (Å²) in [5.41, 5.74) is 4.85. The minimum Gasteiger partial charge on any atom is -0.322 e. The highest BCUT2D eigenvalue weighted by Crippen LogP contribution is 2.22. The molecule has 0 spiro atoms. The van der Waals surface area contributed by atoms with Crippen molar-refractivity contribution in [1.82, 2.24) is 9.38 Å². The zero-order valence-electron chi connectivity index (χ0n) is 14.1. The lowest BCUT2D eigenvalue weighted by atomic mass is 10.2. The van der Waals surface area contributed by atoms with E-state index in [1.165, 1.54) is 0 Å². The molecule has 4 nitrogen and oxygen atoms in total. The molecule has 2 aromatic carbocycles. The maximum atomic E-state index is 12.6. The molecule has 2 heterocycles. The average molecular weight is 362 g/mol. The third-order valence-electron chi connectivity index (χ3n) is 4.23. The lowest BCUT2D eigenvalue weighted by molar-refractivity contribution is 0.102. The third-order valence-corrected chi connectivity index (χ3v) is 4.46. The van der Waals surface area contributed by atoms with Gasteiger partial charge in [0.1, 0.15) is 5.65 Å². The predicted octanol–water partition coefficient (Wildman–Crippen LogP) is 5.22. The molecule has 0 aliphatic carbocycles. The molecule has 0 unspecified atom stereocenters. The minimum atomic E-state index is -0.179. The summed E-state index contributed by atoms with van der Waals surface area (Å²) in [5.74, 6) is -0.179. The molecule has 0 saturated carbocycles. The first kappa shape index (κ1) is 16.4. The van der Waals surface area contributed by atoms with Crippen LogP contribution in [-0.4, -0.2) is 15.3 Å².